The number of piperidine rings is 1. The summed E-state index contributed by atoms with van der Waals surface area (Å²) < 4.78 is 0.663. The molecule has 1 saturated heterocycles. The number of nitrogens with zero attached hydrogens (tertiary/aromatic N) is 3. The average Bonchev–Trinajstić information content (AvgIpc) is 3.03. The van der Waals surface area contributed by atoms with Gasteiger partial charge in [-0.05, 0) is 55.0 Å². The summed E-state index contributed by atoms with van der Waals surface area (Å²) in [6.07, 6.45) is 2.52. The molecule has 1 aliphatic carbocycles. The smallest absolute Gasteiger partial charge is 0.248 e. The summed E-state index contributed by atoms with van der Waals surface area (Å²) in [5, 5.41) is 2.81. The first-order valence-electron chi connectivity index (χ1n) is 7.26. The lowest BCUT2D eigenvalue weighted by Gasteiger charge is -2.22. The van der Waals surface area contributed by atoms with Gasteiger partial charge in [0, 0.05) is 18.0 Å². The topological polar surface area (TPSA) is 65.5 Å². The Hall–Kier alpha value is -1.47. The van der Waals surface area contributed by atoms with Crippen LogP contribution in [-0.4, -0.2) is 59.8 Å². The Morgan fingerprint density at radius 2 is 2.32 bits per heavy atom. The number of carbonyl (C=O) groups is 2. The van der Waals surface area contributed by atoms with E-state index in [0.29, 0.717) is 16.8 Å². The molecular weight excluding hydrogens is 348 g/mol. The van der Waals surface area contributed by atoms with E-state index >= 15 is 0 Å². The van der Waals surface area contributed by atoms with Crippen molar-refractivity contribution in [2.24, 2.45) is 5.41 Å². The molecule has 1 aromatic rings. The second-order valence-electron chi connectivity index (χ2n) is 6.43. The normalized spacial score (nSPS) is 29.4. The van der Waals surface area contributed by atoms with Gasteiger partial charge in [-0.2, -0.15) is 0 Å². The first-order chi connectivity index (χ1) is 10.4. The standard InChI is InChI=1S/C15H19BrN4O2/c1-19(2)8-15-6-10(20(9-21)11(15)7-15)14(22)18-13-5-3-4-12(16)17-13/h3-5,9-11H,6-8H2,1-2H3,(H,17,18,22)/t10-,11+,15-/m0/s1. The Kier molecular flexibility index (Phi) is 3.94. The third-order valence-corrected chi connectivity index (χ3v) is 4.93. The van der Waals surface area contributed by atoms with Crippen LogP contribution < -0.4 is 5.32 Å². The number of rotatable bonds is 5. The molecule has 3 atom stereocenters. The van der Waals surface area contributed by atoms with Gasteiger partial charge >= 0.3 is 0 Å². The maximum Gasteiger partial charge on any atom is 0.248 e. The van der Waals surface area contributed by atoms with Gasteiger partial charge in [0.15, 0.2) is 0 Å². The molecule has 0 unspecified atom stereocenters. The summed E-state index contributed by atoms with van der Waals surface area (Å²) in [5.41, 5.74) is 0.0805. The number of anilines is 1. The predicted molar refractivity (Wildman–Crippen MR) is 86.3 cm³/mol. The van der Waals surface area contributed by atoms with E-state index in [9.17, 15) is 9.59 Å². The molecule has 22 heavy (non-hydrogen) atoms. The fourth-order valence-corrected chi connectivity index (χ4v) is 3.95. The number of halogens is 1. The lowest BCUT2D eigenvalue weighted by Crippen LogP contribution is -2.41. The second kappa shape index (κ2) is 5.62. The molecule has 1 N–H and O–H groups in total. The van der Waals surface area contributed by atoms with Crippen LogP contribution in [0.3, 0.4) is 0 Å². The summed E-state index contributed by atoms with van der Waals surface area (Å²) >= 11 is 3.28. The highest BCUT2D eigenvalue weighted by molar-refractivity contribution is 9.10. The summed E-state index contributed by atoms with van der Waals surface area (Å²) in [4.78, 5) is 31.9. The number of nitrogens with one attached hydrogen (secondary N) is 1. The van der Waals surface area contributed by atoms with Gasteiger partial charge < -0.3 is 15.1 Å². The van der Waals surface area contributed by atoms with Crippen LogP contribution in [-0.2, 0) is 9.59 Å². The number of hydrogen-bond acceptors (Lipinski definition) is 4. The van der Waals surface area contributed by atoms with Crippen LogP contribution in [0.15, 0.2) is 22.8 Å². The Bertz CT molecular complexity index is 609. The monoisotopic (exact) mass is 366 g/mol. The summed E-state index contributed by atoms with van der Waals surface area (Å²) in [5.74, 6) is 0.329. The molecule has 2 aliphatic rings. The molecule has 3 rings (SSSR count). The number of fused-ring (bicyclic) bond motifs is 1. The van der Waals surface area contributed by atoms with E-state index in [2.05, 4.69) is 31.1 Å². The minimum Gasteiger partial charge on any atom is -0.330 e. The number of hydrogen-bond donors (Lipinski definition) is 1. The van der Waals surface area contributed by atoms with E-state index in [1.165, 1.54) is 0 Å². The van der Waals surface area contributed by atoms with E-state index in [4.69, 9.17) is 0 Å². The van der Waals surface area contributed by atoms with E-state index in [-0.39, 0.29) is 17.4 Å². The van der Waals surface area contributed by atoms with Crippen molar-refractivity contribution in [3.05, 3.63) is 22.8 Å². The molecule has 2 fully saturated rings. The van der Waals surface area contributed by atoms with Crippen LogP contribution >= 0.6 is 15.9 Å². The van der Waals surface area contributed by atoms with E-state index < -0.39 is 6.04 Å². The number of aromatic nitrogens is 1. The van der Waals surface area contributed by atoms with Crippen molar-refractivity contribution in [1.29, 1.82) is 0 Å². The Morgan fingerprint density at radius 3 is 2.95 bits per heavy atom. The molecule has 0 spiro atoms. The average molecular weight is 367 g/mol. The molecule has 1 aliphatic heterocycles. The number of amides is 2. The Morgan fingerprint density at radius 1 is 1.55 bits per heavy atom. The molecule has 2 heterocycles. The van der Waals surface area contributed by atoms with Gasteiger partial charge in [0.05, 0.1) is 0 Å². The van der Waals surface area contributed by atoms with Gasteiger partial charge in [0.1, 0.15) is 16.5 Å². The molecule has 0 radical (unpaired) electrons. The third kappa shape index (κ3) is 2.75. The van der Waals surface area contributed by atoms with Crippen LogP contribution in [0.1, 0.15) is 12.8 Å². The van der Waals surface area contributed by atoms with Gasteiger partial charge in [-0.3, -0.25) is 9.59 Å². The van der Waals surface area contributed by atoms with Gasteiger partial charge in [0.2, 0.25) is 12.3 Å². The molecule has 1 aromatic heterocycles. The van der Waals surface area contributed by atoms with Crippen LogP contribution in [0.2, 0.25) is 0 Å². The predicted octanol–water partition coefficient (Wildman–Crippen LogP) is 1.33. The zero-order valence-electron chi connectivity index (χ0n) is 12.6. The molecule has 0 aromatic carbocycles. The van der Waals surface area contributed by atoms with Gasteiger partial charge in [0.25, 0.3) is 0 Å². The number of pyridine rings is 1. The van der Waals surface area contributed by atoms with Crippen LogP contribution in [0, 0.1) is 5.41 Å². The SMILES string of the molecule is CN(C)C[C@@]12C[C@@H](C(=O)Nc3cccc(Br)n3)N(C=O)[C@@H]1C2. The molecular formula is C15H19BrN4O2. The van der Waals surface area contributed by atoms with Crippen molar-refractivity contribution in [3.63, 3.8) is 0 Å². The molecule has 118 valence electrons. The van der Waals surface area contributed by atoms with Crippen LogP contribution in [0.25, 0.3) is 0 Å². The maximum absolute atomic E-state index is 12.5. The third-order valence-electron chi connectivity index (χ3n) is 4.49. The fraction of sp³-hybridized carbons (Fsp3) is 0.533. The van der Waals surface area contributed by atoms with Gasteiger partial charge in [-0.15, -0.1) is 0 Å². The van der Waals surface area contributed by atoms with Crippen molar-refractivity contribution in [1.82, 2.24) is 14.8 Å². The lowest BCUT2D eigenvalue weighted by molar-refractivity contribution is -0.128. The number of likely N-dealkylation sites (tertiary alicyclic amines) is 1. The van der Waals surface area contributed by atoms with E-state index in [1.54, 1.807) is 17.0 Å². The van der Waals surface area contributed by atoms with Crippen molar-refractivity contribution >= 4 is 34.1 Å². The largest absolute Gasteiger partial charge is 0.330 e. The zero-order valence-corrected chi connectivity index (χ0v) is 14.2. The van der Waals surface area contributed by atoms with Crippen LogP contribution in [0.5, 0.6) is 0 Å². The summed E-state index contributed by atoms with van der Waals surface area (Å²) in [6, 6.07) is 5.13. The molecule has 2 amide bonds. The second-order valence-corrected chi connectivity index (χ2v) is 7.24. The Balaban J connectivity index is 1.71. The first kappa shape index (κ1) is 15.4. The van der Waals surface area contributed by atoms with Crippen LogP contribution in [0.4, 0.5) is 5.82 Å². The van der Waals surface area contributed by atoms with Crippen molar-refractivity contribution in [3.8, 4) is 0 Å². The van der Waals surface area contributed by atoms with Crippen molar-refractivity contribution in [2.45, 2.75) is 24.9 Å². The summed E-state index contributed by atoms with van der Waals surface area (Å²) in [6.45, 7) is 0.904. The van der Waals surface area contributed by atoms with Crippen molar-refractivity contribution < 1.29 is 9.59 Å². The quantitative estimate of drug-likeness (QED) is 0.630. The maximum atomic E-state index is 12.5. The minimum atomic E-state index is -0.406. The minimum absolute atomic E-state index is 0.0805. The lowest BCUT2D eigenvalue weighted by atomic mass is 9.98. The highest BCUT2D eigenvalue weighted by Crippen LogP contribution is 2.59. The van der Waals surface area contributed by atoms with Gasteiger partial charge in [-0.25, -0.2) is 4.98 Å². The fourth-order valence-electron chi connectivity index (χ4n) is 3.60. The first-order valence-corrected chi connectivity index (χ1v) is 8.05. The van der Waals surface area contributed by atoms with Gasteiger partial charge in [-0.1, -0.05) is 6.07 Å². The molecule has 0 bridgehead atoms. The zero-order chi connectivity index (χ0) is 15.9. The summed E-state index contributed by atoms with van der Waals surface area (Å²) in [7, 11) is 4.04. The Labute approximate surface area is 138 Å². The molecule has 6 nitrogen and oxygen atoms in total. The molecule has 7 heteroatoms. The van der Waals surface area contributed by atoms with E-state index in [0.717, 1.165) is 19.4 Å². The molecule has 1 saturated carbocycles. The number of carbonyl (C=O) groups excluding carboxylic acids is 2. The van der Waals surface area contributed by atoms with E-state index in [1.807, 2.05) is 20.2 Å². The van der Waals surface area contributed by atoms with Crippen molar-refractivity contribution in [2.75, 3.05) is 26.0 Å². The highest BCUT2D eigenvalue weighted by atomic mass is 79.9. The highest BCUT2D eigenvalue weighted by Gasteiger charge is 2.65.